The second-order valence-corrected chi connectivity index (χ2v) is 6.60. The van der Waals surface area contributed by atoms with Crippen LogP contribution in [0.2, 0.25) is 0 Å². The van der Waals surface area contributed by atoms with Gasteiger partial charge in [-0.05, 0) is 38.5 Å². The summed E-state index contributed by atoms with van der Waals surface area (Å²) in [4.78, 5) is 24.6. The fourth-order valence-electron chi connectivity index (χ4n) is 2.68. The summed E-state index contributed by atoms with van der Waals surface area (Å²) in [6, 6.07) is 0. The van der Waals surface area contributed by atoms with Crippen LogP contribution in [0.15, 0.2) is 0 Å². The van der Waals surface area contributed by atoms with Gasteiger partial charge in [0.15, 0.2) is 0 Å². The van der Waals surface area contributed by atoms with Crippen molar-refractivity contribution < 1.29 is 19.4 Å². The first-order valence-electron chi connectivity index (χ1n) is 6.80. The second kappa shape index (κ2) is 5.80. The molecule has 1 rings (SSSR count). The van der Waals surface area contributed by atoms with Crippen molar-refractivity contribution in [3.8, 4) is 0 Å². The van der Waals surface area contributed by atoms with Crippen molar-refractivity contribution >= 4 is 12.1 Å². The summed E-state index contributed by atoms with van der Waals surface area (Å²) in [6.07, 6.45) is -0.134. The minimum atomic E-state index is -0.769. The molecule has 0 saturated carbocycles. The number of aliphatic carboxylic acids is 1. The molecule has 0 bridgehead atoms. The van der Waals surface area contributed by atoms with Crippen molar-refractivity contribution in [2.75, 3.05) is 13.1 Å². The molecule has 110 valence electrons. The van der Waals surface area contributed by atoms with Crippen LogP contribution >= 0.6 is 0 Å². The number of likely N-dealkylation sites (tertiary alicyclic amines) is 1. The van der Waals surface area contributed by atoms with Crippen LogP contribution in [0.5, 0.6) is 0 Å². The average Bonchev–Trinajstić information content (AvgIpc) is 2.20. The molecule has 2 unspecified atom stereocenters. The SMILES string of the molecule is CC1CN(C(=O)OC(C)(C)C)CC(C)C1CC(=O)O. The van der Waals surface area contributed by atoms with E-state index in [0.29, 0.717) is 13.1 Å². The van der Waals surface area contributed by atoms with Crippen molar-refractivity contribution in [2.45, 2.75) is 46.6 Å². The van der Waals surface area contributed by atoms with E-state index in [1.165, 1.54) is 0 Å². The minimum absolute atomic E-state index is 0.121. The quantitative estimate of drug-likeness (QED) is 0.838. The number of piperidine rings is 1. The summed E-state index contributed by atoms with van der Waals surface area (Å²) in [5.74, 6) is -0.301. The van der Waals surface area contributed by atoms with Crippen LogP contribution in [0.25, 0.3) is 0 Å². The summed E-state index contributed by atoms with van der Waals surface area (Å²) in [6.45, 7) is 10.7. The third-order valence-electron chi connectivity index (χ3n) is 3.54. The van der Waals surface area contributed by atoms with Crippen molar-refractivity contribution in [3.63, 3.8) is 0 Å². The molecule has 19 heavy (non-hydrogen) atoms. The monoisotopic (exact) mass is 271 g/mol. The van der Waals surface area contributed by atoms with E-state index >= 15 is 0 Å². The van der Waals surface area contributed by atoms with Crippen LogP contribution in [-0.2, 0) is 9.53 Å². The summed E-state index contributed by atoms with van der Waals surface area (Å²) < 4.78 is 5.36. The van der Waals surface area contributed by atoms with E-state index in [-0.39, 0.29) is 30.3 Å². The highest BCUT2D eigenvalue weighted by Gasteiger charge is 2.36. The van der Waals surface area contributed by atoms with Gasteiger partial charge >= 0.3 is 12.1 Å². The van der Waals surface area contributed by atoms with Crippen molar-refractivity contribution in [1.29, 1.82) is 0 Å². The Morgan fingerprint density at radius 3 is 2.05 bits per heavy atom. The minimum Gasteiger partial charge on any atom is -0.481 e. The van der Waals surface area contributed by atoms with Gasteiger partial charge < -0.3 is 14.7 Å². The molecular formula is C14H25NO4. The van der Waals surface area contributed by atoms with E-state index in [1.807, 2.05) is 34.6 Å². The van der Waals surface area contributed by atoms with Crippen LogP contribution in [0, 0.1) is 17.8 Å². The highest BCUT2D eigenvalue weighted by Crippen LogP contribution is 2.31. The third kappa shape index (κ3) is 4.73. The Hall–Kier alpha value is -1.26. The molecule has 0 spiro atoms. The Kier molecular flexibility index (Phi) is 4.82. The van der Waals surface area contributed by atoms with Gasteiger partial charge in [-0.3, -0.25) is 4.79 Å². The van der Waals surface area contributed by atoms with E-state index < -0.39 is 11.6 Å². The highest BCUT2D eigenvalue weighted by molar-refractivity contribution is 5.69. The molecule has 1 N–H and O–H groups in total. The van der Waals surface area contributed by atoms with Gasteiger partial charge in [0.05, 0.1) is 0 Å². The highest BCUT2D eigenvalue weighted by atomic mass is 16.6. The van der Waals surface area contributed by atoms with Gasteiger partial charge in [-0.25, -0.2) is 4.79 Å². The Labute approximate surface area is 114 Å². The Bertz CT molecular complexity index is 336. The van der Waals surface area contributed by atoms with Crippen LogP contribution < -0.4 is 0 Å². The van der Waals surface area contributed by atoms with E-state index in [2.05, 4.69) is 0 Å². The first-order valence-corrected chi connectivity index (χ1v) is 6.80. The molecule has 0 radical (unpaired) electrons. The lowest BCUT2D eigenvalue weighted by atomic mass is 9.77. The van der Waals surface area contributed by atoms with Crippen LogP contribution in [0.3, 0.4) is 0 Å². The topological polar surface area (TPSA) is 66.8 Å². The van der Waals surface area contributed by atoms with Crippen molar-refractivity contribution in [2.24, 2.45) is 17.8 Å². The molecule has 1 saturated heterocycles. The molecule has 1 aliphatic rings. The molecule has 0 aromatic rings. The number of amides is 1. The fourth-order valence-corrected chi connectivity index (χ4v) is 2.68. The van der Waals surface area contributed by atoms with Gasteiger partial charge in [0.1, 0.15) is 5.60 Å². The normalized spacial score (nSPS) is 28.1. The predicted octanol–water partition coefficient (Wildman–Crippen LogP) is 2.60. The number of nitrogens with zero attached hydrogens (tertiary/aromatic N) is 1. The standard InChI is InChI=1S/C14H25NO4/c1-9-7-15(13(18)19-14(3,4)5)8-10(2)11(9)6-12(16)17/h9-11H,6-8H2,1-5H3,(H,16,17). The first-order chi connectivity index (χ1) is 8.60. The predicted molar refractivity (Wildman–Crippen MR) is 71.9 cm³/mol. The number of carboxylic acid groups (broad SMARTS) is 1. The summed E-state index contributed by atoms with van der Waals surface area (Å²) in [5, 5.41) is 8.92. The lowest BCUT2D eigenvalue weighted by Crippen LogP contribution is -2.49. The van der Waals surface area contributed by atoms with E-state index in [0.717, 1.165) is 0 Å². The maximum atomic E-state index is 12.0. The number of carboxylic acids is 1. The second-order valence-electron chi connectivity index (χ2n) is 6.60. The lowest BCUT2D eigenvalue weighted by molar-refractivity contribution is -0.139. The van der Waals surface area contributed by atoms with E-state index in [1.54, 1.807) is 4.90 Å². The molecule has 2 atom stereocenters. The zero-order valence-electron chi connectivity index (χ0n) is 12.5. The molecule has 1 aliphatic heterocycles. The maximum absolute atomic E-state index is 12.0. The van der Waals surface area contributed by atoms with Gasteiger partial charge in [0.2, 0.25) is 0 Å². The summed E-state index contributed by atoms with van der Waals surface area (Å²) in [5.41, 5.74) is -0.499. The number of carbonyl (C=O) groups is 2. The number of hydrogen-bond acceptors (Lipinski definition) is 3. The number of ether oxygens (including phenoxy) is 1. The molecule has 1 heterocycles. The largest absolute Gasteiger partial charge is 0.481 e. The summed E-state index contributed by atoms with van der Waals surface area (Å²) in [7, 11) is 0. The van der Waals surface area contributed by atoms with Crippen LogP contribution in [0.1, 0.15) is 41.0 Å². The Morgan fingerprint density at radius 2 is 1.68 bits per heavy atom. The van der Waals surface area contributed by atoms with Crippen molar-refractivity contribution in [3.05, 3.63) is 0 Å². The van der Waals surface area contributed by atoms with E-state index in [4.69, 9.17) is 9.84 Å². The molecule has 5 nitrogen and oxygen atoms in total. The van der Waals surface area contributed by atoms with Gasteiger partial charge in [-0.15, -0.1) is 0 Å². The third-order valence-corrected chi connectivity index (χ3v) is 3.54. The Balaban J connectivity index is 2.64. The Morgan fingerprint density at radius 1 is 1.21 bits per heavy atom. The number of hydrogen-bond donors (Lipinski definition) is 1. The van der Waals surface area contributed by atoms with Crippen molar-refractivity contribution in [1.82, 2.24) is 4.90 Å². The lowest BCUT2D eigenvalue weighted by Gasteiger charge is -2.41. The number of rotatable bonds is 2. The van der Waals surface area contributed by atoms with Gasteiger partial charge in [0.25, 0.3) is 0 Å². The number of carbonyl (C=O) groups excluding carboxylic acids is 1. The zero-order valence-corrected chi connectivity index (χ0v) is 12.5. The van der Waals surface area contributed by atoms with Crippen LogP contribution in [-0.4, -0.2) is 40.8 Å². The molecule has 0 aromatic heterocycles. The molecule has 0 aliphatic carbocycles. The first kappa shape index (κ1) is 15.8. The molecular weight excluding hydrogens is 246 g/mol. The molecule has 5 heteroatoms. The maximum Gasteiger partial charge on any atom is 0.410 e. The molecule has 0 aromatic carbocycles. The zero-order chi connectivity index (χ0) is 14.8. The van der Waals surface area contributed by atoms with Crippen LogP contribution in [0.4, 0.5) is 4.79 Å². The van der Waals surface area contributed by atoms with Gasteiger partial charge in [-0.1, -0.05) is 13.8 Å². The van der Waals surface area contributed by atoms with E-state index in [9.17, 15) is 9.59 Å². The molecule has 1 amide bonds. The summed E-state index contributed by atoms with van der Waals surface area (Å²) >= 11 is 0. The van der Waals surface area contributed by atoms with Gasteiger partial charge in [-0.2, -0.15) is 0 Å². The average molecular weight is 271 g/mol. The smallest absolute Gasteiger partial charge is 0.410 e. The fraction of sp³-hybridized carbons (Fsp3) is 0.857. The van der Waals surface area contributed by atoms with Gasteiger partial charge in [0, 0.05) is 19.5 Å². The molecule has 1 fully saturated rings.